The number of hydrogen-bond donors (Lipinski definition) is 2. The molecule has 2 heterocycles. The van der Waals surface area contributed by atoms with Gasteiger partial charge in [0.2, 0.25) is 0 Å². The van der Waals surface area contributed by atoms with Crippen LogP contribution < -0.4 is 11.0 Å². The molecule has 0 atom stereocenters. The third kappa shape index (κ3) is 2.64. The van der Waals surface area contributed by atoms with Crippen molar-refractivity contribution in [2.45, 2.75) is 45.4 Å². The molecule has 7 heteroatoms. The molecule has 1 aliphatic rings. The molecule has 2 rings (SSSR count). The van der Waals surface area contributed by atoms with E-state index >= 15 is 0 Å². The zero-order valence-electron chi connectivity index (χ0n) is 12.1. The highest BCUT2D eigenvalue weighted by Crippen LogP contribution is 2.36. The van der Waals surface area contributed by atoms with Gasteiger partial charge in [-0.2, -0.15) is 0 Å². The Morgan fingerprint density at radius 2 is 1.85 bits per heavy atom. The van der Waals surface area contributed by atoms with Crippen molar-refractivity contribution in [1.29, 1.82) is 5.41 Å². The smallest absolute Gasteiger partial charge is 0.480 e. The summed E-state index contributed by atoms with van der Waals surface area (Å²) in [6.45, 7) is 7.56. The number of aliphatic carboxylic acids is 1. The second-order valence-corrected chi connectivity index (χ2v) is 5.96. The lowest BCUT2D eigenvalue weighted by molar-refractivity contribution is -0.137. The topological polar surface area (TPSA) is 84.5 Å². The summed E-state index contributed by atoms with van der Waals surface area (Å²) < 4.78 is 13.2. The van der Waals surface area contributed by atoms with Gasteiger partial charge in [0.15, 0.2) is 0 Å². The molecule has 0 saturated carbocycles. The highest BCUT2D eigenvalue weighted by Gasteiger charge is 2.51. The first-order chi connectivity index (χ1) is 9.12. The molecule has 0 aromatic carbocycles. The summed E-state index contributed by atoms with van der Waals surface area (Å²) in [5.41, 5.74) is -0.0577. The summed E-state index contributed by atoms with van der Waals surface area (Å²) in [6, 6.07) is 3.27. The number of nitrogens with one attached hydrogen (secondary N) is 1. The first kappa shape index (κ1) is 14.8. The number of carboxylic acids is 1. The summed E-state index contributed by atoms with van der Waals surface area (Å²) in [5.74, 6) is -0.991. The van der Waals surface area contributed by atoms with Gasteiger partial charge in [-0.05, 0) is 39.2 Å². The fourth-order valence-corrected chi connectivity index (χ4v) is 1.96. The van der Waals surface area contributed by atoms with Gasteiger partial charge in [-0.3, -0.25) is 10.2 Å². The average molecular weight is 278 g/mol. The molecule has 1 saturated heterocycles. The fraction of sp³-hybridized carbons (Fsp3) is 0.538. The van der Waals surface area contributed by atoms with Gasteiger partial charge in [0, 0.05) is 6.20 Å². The Bertz CT molecular complexity index is 578. The van der Waals surface area contributed by atoms with E-state index in [0.29, 0.717) is 5.46 Å². The molecule has 1 fully saturated rings. The van der Waals surface area contributed by atoms with Crippen molar-refractivity contribution in [3.8, 4) is 0 Å². The number of nitrogens with zero attached hydrogens (tertiary/aromatic N) is 1. The third-order valence-corrected chi connectivity index (χ3v) is 3.88. The second kappa shape index (κ2) is 4.75. The van der Waals surface area contributed by atoms with Crippen LogP contribution in [0.5, 0.6) is 0 Å². The SMILES string of the molecule is CC1(C)OB(c2ccc(=N)n(CC(=O)O)c2)OC1(C)C. The van der Waals surface area contributed by atoms with Crippen LogP contribution in [0, 0.1) is 5.41 Å². The van der Waals surface area contributed by atoms with Crippen LogP contribution in [0.2, 0.25) is 0 Å². The summed E-state index contributed by atoms with van der Waals surface area (Å²) in [4.78, 5) is 10.8. The molecule has 20 heavy (non-hydrogen) atoms. The molecule has 1 aromatic rings. The van der Waals surface area contributed by atoms with E-state index < -0.39 is 24.3 Å². The van der Waals surface area contributed by atoms with Crippen LogP contribution in [-0.4, -0.2) is 34.0 Å². The van der Waals surface area contributed by atoms with Crippen molar-refractivity contribution in [3.63, 3.8) is 0 Å². The molecular formula is C13H19BN2O4. The van der Waals surface area contributed by atoms with Gasteiger partial charge >= 0.3 is 13.1 Å². The standard InChI is InChI=1S/C13H19BN2O4/c1-12(2)13(3,4)20-14(19-12)9-5-6-10(15)16(7-9)8-11(17)18/h5-7,15H,8H2,1-4H3,(H,17,18). The Labute approximate surface area is 118 Å². The fourth-order valence-electron chi connectivity index (χ4n) is 1.96. The van der Waals surface area contributed by atoms with Crippen molar-refractivity contribution >= 4 is 18.6 Å². The Hall–Kier alpha value is -1.60. The summed E-state index contributed by atoms with van der Waals surface area (Å²) in [5, 5.41) is 16.6. The van der Waals surface area contributed by atoms with E-state index in [4.69, 9.17) is 19.8 Å². The molecule has 0 radical (unpaired) electrons. The van der Waals surface area contributed by atoms with Gasteiger partial charge in [0.05, 0.1) is 11.2 Å². The van der Waals surface area contributed by atoms with E-state index in [-0.39, 0.29) is 12.0 Å². The number of hydrogen-bond acceptors (Lipinski definition) is 4. The minimum atomic E-state index is -0.991. The number of carbonyl (C=O) groups is 1. The molecule has 0 unspecified atom stereocenters. The van der Waals surface area contributed by atoms with E-state index in [9.17, 15) is 4.79 Å². The van der Waals surface area contributed by atoms with Crippen molar-refractivity contribution in [2.75, 3.05) is 0 Å². The molecule has 0 aliphatic carbocycles. The van der Waals surface area contributed by atoms with E-state index in [1.165, 1.54) is 4.57 Å². The van der Waals surface area contributed by atoms with E-state index in [1.807, 2.05) is 27.7 Å². The van der Waals surface area contributed by atoms with Crippen LogP contribution in [-0.2, 0) is 20.6 Å². The second-order valence-electron chi connectivity index (χ2n) is 5.96. The van der Waals surface area contributed by atoms with Crippen LogP contribution in [0.15, 0.2) is 18.3 Å². The number of rotatable bonds is 3. The predicted octanol–water partition coefficient (Wildman–Crippen LogP) is 0.351. The van der Waals surface area contributed by atoms with Gasteiger partial charge < -0.3 is 19.0 Å². The average Bonchev–Trinajstić information content (AvgIpc) is 2.50. The van der Waals surface area contributed by atoms with Gasteiger partial charge in [-0.15, -0.1) is 0 Å². The van der Waals surface area contributed by atoms with Crippen molar-refractivity contribution in [1.82, 2.24) is 4.57 Å². The lowest BCUT2D eigenvalue weighted by Gasteiger charge is -2.32. The predicted molar refractivity (Wildman–Crippen MR) is 73.6 cm³/mol. The first-order valence-corrected chi connectivity index (χ1v) is 6.45. The molecule has 1 aliphatic heterocycles. The van der Waals surface area contributed by atoms with Gasteiger partial charge in [0.25, 0.3) is 0 Å². The number of carboxylic acid groups (broad SMARTS) is 1. The Morgan fingerprint density at radius 1 is 1.30 bits per heavy atom. The molecule has 2 N–H and O–H groups in total. The molecule has 108 valence electrons. The monoisotopic (exact) mass is 278 g/mol. The Balaban J connectivity index is 2.31. The van der Waals surface area contributed by atoms with Crippen LogP contribution in [0.25, 0.3) is 0 Å². The minimum absolute atomic E-state index is 0.132. The third-order valence-electron chi connectivity index (χ3n) is 3.88. The van der Waals surface area contributed by atoms with Gasteiger partial charge in [0.1, 0.15) is 12.0 Å². The zero-order valence-corrected chi connectivity index (χ0v) is 12.1. The number of pyridine rings is 1. The lowest BCUT2D eigenvalue weighted by atomic mass is 9.80. The molecule has 0 spiro atoms. The van der Waals surface area contributed by atoms with Crippen molar-refractivity contribution in [3.05, 3.63) is 23.8 Å². The molecule has 0 bridgehead atoms. The minimum Gasteiger partial charge on any atom is -0.480 e. The quantitative estimate of drug-likeness (QED) is 0.781. The van der Waals surface area contributed by atoms with Gasteiger partial charge in [-0.25, -0.2) is 0 Å². The van der Waals surface area contributed by atoms with Gasteiger partial charge in [-0.1, -0.05) is 6.07 Å². The first-order valence-electron chi connectivity index (χ1n) is 6.45. The largest absolute Gasteiger partial charge is 0.496 e. The van der Waals surface area contributed by atoms with Crippen LogP contribution >= 0.6 is 0 Å². The van der Waals surface area contributed by atoms with Crippen LogP contribution in [0.1, 0.15) is 27.7 Å². The lowest BCUT2D eigenvalue weighted by Crippen LogP contribution is -2.41. The Kier molecular flexibility index (Phi) is 3.52. The van der Waals surface area contributed by atoms with E-state index in [0.717, 1.165) is 0 Å². The Morgan fingerprint density at radius 3 is 2.35 bits per heavy atom. The molecule has 0 amide bonds. The van der Waals surface area contributed by atoms with E-state index in [1.54, 1.807) is 18.3 Å². The maximum Gasteiger partial charge on any atom is 0.496 e. The summed E-state index contributed by atoms with van der Waals surface area (Å²) >= 11 is 0. The van der Waals surface area contributed by atoms with Crippen molar-refractivity contribution < 1.29 is 19.2 Å². The molecule has 1 aromatic heterocycles. The van der Waals surface area contributed by atoms with E-state index in [2.05, 4.69) is 0 Å². The highest BCUT2D eigenvalue weighted by atomic mass is 16.7. The summed E-state index contributed by atoms with van der Waals surface area (Å²) in [7, 11) is -0.555. The number of aromatic nitrogens is 1. The summed E-state index contributed by atoms with van der Waals surface area (Å²) in [6.07, 6.45) is 1.60. The zero-order chi connectivity index (χ0) is 15.1. The van der Waals surface area contributed by atoms with Crippen molar-refractivity contribution in [2.24, 2.45) is 0 Å². The maximum atomic E-state index is 10.8. The maximum absolute atomic E-state index is 10.8. The molecular weight excluding hydrogens is 259 g/mol. The van der Waals surface area contributed by atoms with Crippen LogP contribution in [0.4, 0.5) is 0 Å². The van der Waals surface area contributed by atoms with Crippen LogP contribution in [0.3, 0.4) is 0 Å². The normalized spacial score (nSPS) is 20.1. The highest BCUT2D eigenvalue weighted by molar-refractivity contribution is 6.62. The molecule has 6 nitrogen and oxygen atoms in total.